The van der Waals surface area contributed by atoms with Gasteiger partial charge in [0.25, 0.3) is 5.91 Å². The second-order valence-electron chi connectivity index (χ2n) is 5.29. The third-order valence-electron chi connectivity index (χ3n) is 3.23. The molecule has 3 N–H and O–H groups in total. The molecule has 1 aromatic carbocycles. The zero-order valence-corrected chi connectivity index (χ0v) is 17.2. The Kier molecular flexibility index (Phi) is 12.3. The minimum Gasteiger partial charge on any atom is -0.383 e. The molecule has 0 heterocycles. The first kappa shape index (κ1) is 22.6. The molecule has 6 nitrogen and oxygen atoms in total. The molecule has 7 heteroatoms. The third-order valence-corrected chi connectivity index (χ3v) is 3.23. The first-order valence-electron chi connectivity index (χ1n) is 7.95. The number of carbonyl (C=O) groups is 1. The number of carbonyl (C=O) groups excluding carboxylic acids is 1. The van der Waals surface area contributed by atoms with Gasteiger partial charge in [0.1, 0.15) is 0 Å². The summed E-state index contributed by atoms with van der Waals surface area (Å²) in [4.78, 5) is 16.2. The van der Waals surface area contributed by atoms with Crippen molar-refractivity contribution >= 4 is 35.8 Å². The predicted octanol–water partition coefficient (Wildman–Crippen LogP) is 1.80. The van der Waals surface area contributed by atoms with E-state index in [0.717, 1.165) is 24.5 Å². The molecule has 0 aliphatic carbocycles. The lowest BCUT2D eigenvalue weighted by molar-refractivity contribution is 0.0963. The summed E-state index contributed by atoms with van der Waals surface area (Å²) < 4.78 is 5.12. The van der Waals surface area contributed by atoms with Gasteiger partial charge in [0, 0.05) is 38.9 Å². The van der Waals surface area contributed by atoms with Crippen LogP contribution in [-0.2, 0) is 11.2 Å². The fourth-order valence-electron chi connectivity index (χ4n) is 2.15. The smallest absolute Gasteiger partial charge is 0.251 e. The van der Waals surface area contributed by atoms with E-state index in [4.69, 9.17) is 4.74 Å². The Balaban J connectivity index is 0.00000529. The van der Waals surface area contributed by atoms with Crippen molar-refractivity contribution in [3.8, 4) is 0 Å². The Morgan fingerprint density at radius 2 is 2.12 bits per heavy atom. The lowest BCUT2D eigenvalue weighted by atomic mass is 10.1. The number of benzene rings is 1. The second-order valence-corrected chi connectivity index (χ2v) is 5.29. The van der Waals surface area contributed by atoms with Crippen molar-refractivity contribution in [2.75, 3.05) is 33.9 Å². The van der Waals surface area contributed by atoms with Gasteiger partial charge in [-0.2, -0.15) is 0 Å². The lowest BCUT2D eigenvalue weighted by Crippen LogP contribution is -2.44. The molecule has 0 saturated heterocycles. The van der Waals surface area contributed by atoms with E-state index in [2.05, 4.69) is 20.9 Å². The molecular weight excluding hydrogens is 419 g/mol. The van der Waals surface area contributed by atoms with Gasteiger partial charge >= 0.3 is 0 Å². The van der Waals surface area contributed by atoms with Gasteiger partial charge in [-0.15, -0.1) is 24.0 Å². The molecular formula is C17H29IN4O2. The number of ether oxygens (including phenoxy) is 1. The van der Waals surface area contributed by atoms with Crippen LogP contribution in [0.15, 0.2) is 29.3 Å². The van der Waals surface area contributed by atoms with Crippen LogP contribution in [0.25, 0.3) is 0 Å². The average Bonchev–Trinajstić information content (AvgIpc) is 2.54. The van der Waals surface area contributed by atoms with Crippen molar-refractivity contribution in [3.63, 3.8) is 0 Å². The van der Waals surface area contributed by atoms with E-state index in [-0.39, 0.29) is 35.9 Å². The Bertz CT molecular complexity index is 523. The second kappa shape index (κ2) is 13.0. The lowest BCUT2D eigenvalue weighted by Gasteiger charge is -2.17. The van der Waals surface area contributed by atoms with Crippen LogP contribution < -0.4 is 16.0 Å². The molecule has 24 heavy (non-hydrogen) atoms. The van der Waals surface area contributed by atoms with Gasteiger partial charge in [0.2, 0.25) is 0 Å². The summed E-state index contributed by atoms with van der Waals surface area (Å²) in [6.07, 6.45) is 0.778. The molecule has 136 valence electrons. The number of hydrogen-bond acceptors (Lipinski definition) is 3. The number of methoxy groups -OCH3 is 1. The van der Waals surface area contributed by atoms with Gasteiger partial charge in [-0.3, -0.25) is 9.79 Å². The van der Waals surface area contributed by atoms with Crippen LogP contribution in [-0.4, -0.2) is 51.8 Å². The first-order chi connectivity index (χ1) is 11.1. The molecule has 1 aromatic rings. The molecule has 0 bridgehead atoms. The maximum atomic E-state index is 11.6. The Morgan fingerprint density at radius 1 is 1.38 bits per heavy atom. The average molecular weight is 448 g/mol. The molecule has 0 fully saturated rings. The highest BCUT2D eigenvalue weighted by atomic mass is 127. The predicted molar refractivity (Wildman–Crippen MR) is 109 cm³/mol. The molecule has 1 unspecified atom stereocenters. The van der Waals surface area contributed by atoms with Crippen LogP contribution in [0.4, 0.5) is 0 Å². The maximum absolute atomic E-state index is 11.6. The number of hydrogen-bond donors (Lipinski definition) is 3. The van der Waals surface area contributed by atoms with Crippen molar-refractivity contribution in [2.24, 2.45) is 4.99 Å². The van der Waals surface area contributed by atoms with Crippen LogP contribution in [0.3, 0.4) is 0 Å². The minimum atomic E-state index is -0.0706. The summed E-state index contributed by atoms with van der Waals surface area (Å²) in [6.45, 7) is 6.15. The fraction of sp³-hybridized carbons (Fsp3) is 0.529. The number of guanidine groups is 1. The van der Waals surface area contributed by atoms with Gasteiger partial charge in [-0.25, -0.2) is 0 Å². The number of halogens is 1. The summed E-state index contributed by atoms with van der Waals surface area (Å²) in [5.41, 5.74) is 1.77. The van der Waals surface area contributed by atoms with Gasteiger partial charge < -0.3 is 20.7 Å². The van der Waals surface area contributed by atoms with Crippen LogP contribution in [0.1, 0.15) is 29.8 Å². The Hall–Kier alpha value is -1.35. The van der Waals surface area contributed by atoms with Gasteiger partial charge in [-0.1, -0.05) is 12.1 Å². The third kappa shape index (κ3) is 8.49. The Morgan fingerprint density at radius 3 is 2.75 bits per heavy atom. The van der Waals surface area contributed by atoms with Crippen molar-refractivity contribution in [3.05, 3.63) is 35.4 Å². The van der Waals surface area contributed by atoms with E-state index in [1.165, 1.54) is 0 Å². The van der Waals surface area contributed by atoms with Gasteiger partial charge in [0.05, 0.1) is 6.61 Å². The molecule has 0 aliphatic heterocycles. The molecule has 0 aliphatic rings. The number of nitrogens with zero attached hydrogens (tertiary/aromatic N) is 1. The highest BCUT2D eigenvalue weighted by Gasteiger charge is 2.05. The maximum Gasteiger partial charge on any atom is 0.251 e. The Labute approximate surface area is 161 Å². The highest BCUT2D eigenvalue weighted by molar-refractivity contribution is 14.0. The number of amides is 1. The zero-order valence-electron chi connectivity index (χ0n) is 14.9. The largest absolute Gasteiger partial charge is 0.383 e. The van der Waals surface area contributed by atoms with E-state index in [0.29, 0.717) is 18.7 Å². The molecule has 0 saturated carbocycles. The topological polar surface area (TPSA) is 74.8 Å². The molecule has 1 atom stereocenters. The standard InChI is InChI=1S/C17H28N4O2.HI/c1-5-19-17(21-13(2)12-23-4)20-10-9-14-7-6-8-15(11-14)16(22)18-3;/h6-8,11,13H,5,9-10,12H2,1-4H3,(H,18,22)(H2,19,20,21);1H. The highest BCUT2D eigenvalue weighted by Crippen LogP contribution is 2.06. The molecule has 0 aromatic heterocycles. The van der Waals surface area contributed by atoms with E-state index >= 15 is 0 Å². The van der Waals surface area contributed by atoms with Crippen LogP contribution >= 0.6 is 24.0 Å². The summed E-state index contributed by atoms with van der Waals surface area (Å²) in [5, 5.41) is 9.14. The molecule has 0 spiro atoms. The van der Waals surface area contributed by atoms with Crippen LogP contribution in [0.2, 0.25) is 0 Å². The molecule has 1 rings (SSSR count). The normalized spacial score (nSPS) is 12.1. The zero-order chi connectivity index (χ0) is 17.1. The van der Waals surface area contributed by atoms with Crippen LogP contribution in [0, 0.1) is 0 Å². The number of rotatable bonds is 8. The number of nitrogens with one attached hydrogen (secondary N) is 3. The minimum absolute atomic E-state index is 0. The summed E-state index contributed by atoms with van der Waals surface area (Å²) >= 11 is 0. The van der Waals surface area contributed by atoms with E-state index in [9.17, 15) is 4.79 Å². The van der Waals surface area contributed by atoms with E-state index in [1.807, 2.05) is 38.1 Å². The van der Waals surface area contributed by atoms with Gasteiger partial charge in [0.15, 0.2) is 5.96 Å². The fourth-order valence-corrected chi connectivity index (χ4v) is 2.15. The van der Waals surface area contributed by atoms with E-state index < -0.39 is 0 Å². The van der Waals surface area contributed by atoms with Crippen molar-refractivity contribution in [2.45, 2.75) is 26.3 Å². The quantitative estimate of drug-likeness (QED) is 0.322. The molecule has 0 radical (unpaired) electrons. The number of aliphatic imine (C=N–C) groups is 1. The monoisotopic (exact) mass is 448 g/mol. The van der Waals surface area contributed by atoms with Crippen molar-refractivity contribution in [1.82, 2.24) is 16.0 Å². The van der Waals surface area contributed by atoms with Crippen molar-refractivity contribution in [1.29, 1.82) is 0 Å². The van der Waals surface area contributed by atoms with Crippen LogP contribution in [0.5, 0.6) is 0 Å². The van der Waals surface area contributed by atoms with E-state index in [1.54, 1.807) is 14.2 Å². The van der Waals surface area contributed by atoms with Crippen molar-refractivity contribution < 1.29 is 9.53 Å². The van der Waals surface area contributed by atoms with Gasteiger partial charge in [-0.05, 0) is 38.0 Å². The first-order valence-corrected chi connectivity index (χ1v) is 7.95. The summed E-state index contributed by atoms with van der Waals surface area (Å²) in [6, 6.07) is 7.81. The summed E-state index contributed by atoms with van der Waals surface area (Å²) in [5.74, 6) is 0.707. The molecule has 1 amide bonds. The SMILES string of the molecule is CCNC(=NCCc1cccc(C(=O)NC)c1)NC(C)COC.I. The summed E-state index contributed by atoms with van der Waals surface area (Å²) in [7, 11) is 3.32.